The van der Waals surface area contributed by atoms with Gasteiger partial charge in [-0.1, -0.05) is 59.7 Å². The van der Waals surface area contributed by atoms with Crippen molar-refractivity contribution in [2.24, 2.45) is 0 Å². The molecule has 0 aliphatic rings. The SMILES string of the molecule is Cc1ccc(C(=O)/C=C/c2ccc(C)cc2C)cc1. The maximum Gasteiger partial charge on any atom is 0.185 e. The second kappa shape index (κ2) is 5.66. The zero-order valence-corrected chi connectivity index (χ0v) is 11.6. The molecular weight excluding hydrogens is 232 g/mol. The third-order valence-electron chi connectivity index (χ3n) is 3.18. The molecule has 2 rings (SSSR count). The molecule has 0 saturated heterocycles. The van der Waals surface area contributed by atoms with E-state index in [1.54, 1.807) is 6.08 Å². The predicted octanol–water partition coefficient (Wildman–Crippen LogP) is 4.51. The average Bonchev–Trinajstić information content (AvgIpc) is 2.38. The first-order chi connectivity index (χ1) is 9.06. The molecule has 0 saturated carbocycles. The van der Waals surface area contributed by atoms with E-state index in [1.165, 1.54) is 11.1 Å². The van der Waals surface area contributed by atoms with E-state index < -0.39 is 0 Å². The van der Waals surface area contributed by atoms with Crippen LogP contribution in [0.5, 0.6) is 0 Å². The fraction of sp³-hybridized carbons (Fsp3) is 0.167. The van der Waals surface area contributed by atoms with Gasteiger partial charge >= 0.3 is 0 Å². The van der Waals surface area contributed by atoms with E-state index in [2.05, 4.69) is 26.0 Å². The van der Waals surface area contributed by atoms with Crippen LogP contribution in [-0.4, -0.2) is 5.78 Å². The van der Waals surface area contributed by atoms with E-state index in [4.69, 9.17) is 0 Å². The standard InChI is InChI=1S/C18H18O/c1-13-4-8-17(9-5-13)18(19)11-10-16-7-6-14(2)12-15(16)3/h4-12H,1-3H3/b11-10+. The fourth-order valence-corrected chi connectivity index (χ4v) is 1.99. The Kier molecular flexibility index (Phi) is 3.96. The number of carbonyl (C=O) groups is 1. The average molecular weight is 250 g/mol. The topological polar surface area (TPSA) is 17.1 Å². The summed E-state index contributed by atoms with van der Waals surface area (Å²) in [6.07, 6.45) is 3.53. The van der Waals surface area contributed by atoms with Gasteiger partial charge in [-0.25, -0.2) is 0 Å². The summed E-state index contributed by atoms with van der Waals surface area (Å²) >= 11 is 0. The molecule has 0 aliphatic heterocycles. The van der Waals surface area contributed by atoms with Gasteiger partial charge in [0, 0.05) is 5.56 Å². The van der Waals surface area contributed by atoms with Crippen LogP contribution in [0.4, 0.5) is 0 Å². The van der Waals surface area contributed by atoms with Gasteiger partial charge in [0.25, 0.3) is 0 Å². The van der Waals surface area contributed by atoms with Gasteiger partial charge in [0.15, 0.2) is 5.78 Å². The number of hydrogen-bond donors (Lipinski definition) is 0. The second-order valence-electron chi connectivity index (χ2n) is 4.92. The Hall–Kier alpha value is -2.15. The Bertz CT molecular complexity index is 619. The van der Waals surface area contributed by atoms with E-state index >= 15 is 0 Å². The number of allylic oxidation sites excluding steroid dienone is 1. The third-order valence-corrected chi connectivity index (χ3v) is 3.18. The molecule has 0 aliphatic carbocycles. The highest BCUT2D eigenvalue weighted by atomic mass is 16.1. The first-order valence-corrected chi connectivity index (χ1v) is 6.42. The Labute approximate surface area is 114 Å². The number of carbonyl (C=O) groups excluding carboxylic acids is 1. The minimum absolute atomic E-state index is 0.0416. The van der Waals surface area contributed by atoms with Crippen molar-refractivity contribution in [3.05, 3.63) is 76.4 Å². The quantitative estimate of drug-likeness (QED) is 0.578. The molecule has 0 fully saturated rings. The van der Waals surface area contributed by atoms with Crippen LogP contribution in [0.3, 0.4) is 0 Å². The van der Waals surface area contributed by atoms with Gasteiger partial charge in [-0.2, -0.15) is 0 Å². The number of ketones is 1. The van der Waals surface area contributed by atoms with Gasteiger partial charge in [-0.15, -0.1) is 0 Å². The first-order valence-electron chi connectivity index (χ1n) is 6.42. The Balaban J connectivity index is 2.18. The van der Waals surface area contributed by atoms with Crippen LogP contribution >= 0.6 is 0 Å². The molecule has 0 heterocycles. The molecule has 2 aromatic carbocycles. The highest BCUT2D eigenvalue weighted by molar-refractivity contribution is 6.06. The molecular formula is C18H18O. The molecule has 1 nitrogen and oxygen atoms in total. The van der Waals surface area contributed by atoms with Crippen LogP contribution in [0.15, 0.2) is 48.5 Å². The van der Waals surface area contributed by atoms with E-state index in [9.17, 15) is 4.79 Å². The van der Waals surface area contributed by atoms with Gasteiger partial charge in [0.1, 0.15) is 0 Å². The largest absolute Gasteiger partial charge is 0.289 e. The van der Waals surface area contributed by atoms with Crippen molar-refractivity contribution in [2.45, 2.75) is 20.8 Å². The highest BCUT2D eigenvalue weighted by Crippen LogP contribution is 2.13. The first kappa shape index (κ1) is 13.3. The van der Waals surface area contributed by atoms with E-state index in [0.29, 0.717) is 0 Å². The van der Waals surface area contributed by atoms with Crippen molar-refractivity contribution in [1.29, 1.82) is 0 Å². The van der Waals surface area contributed by atoms with E-state index in [0.717, 1.165) is 16.7 Å². The molecule has 0 amide bonds. The fourth-order valence-electron chi connectivity index (χ4n) is 1.99. The zero-order chi connectivity index (χ0) is 13.8. The monoisotopic (exact) mass is 250 g/mol. The molecule has 1 heteroatoms. The third kappa shape index (κ3) is 3.41. The summed E-state index contributed by atoms with van der Waals surface area (Å²) < 4.78 is 0. The smallest absolute Gasteiger partial charge is 0.185 e. The van der Waals surface area contributed by atoms with Crippen LogP contribution in [0.2, 0.25) is 0 Å². The summed E-state index contributed by atoms with van der Waals surface area (Å²) in [6, 6.07) is 13.9. The van der Waals surface area contributed by atoms with Gasteiger partial charge in [0.05, 0.1) is 0 Å². The maximum absolute atomic E-state index is 12.0. The summed E-state index contributed by atoms with van der Waals surface area (Å²) in [7, 11) is 0. The van der Waals surface area contributed by atoms with Crippen LogP contribution in [0, 0.1) is 20.8 Å². The Morgan fingerprint density at radius 3 is 2.16 bits per heavy atom. The van der Waals surface area contributed by atoms with Crippen molar-refractivity contribution in [3.8, 4) is 0 Å². The molecule has 0 atom stereocenters. The number of rotatable bonds is 3. The van der Waals surface area contributed by atoms with Crippen molar-refractivity contribution >= 4 is 11.9 Å². The maximum atomic E-state index is 12.0. The minimum Gasteiger partial charge on any atom is -0.289 e. The van der Waals surface area contributed by atoms with Gasteiger partial charge in [-0.3, -0.25) is 4.79 Å². The van der Waals surface area contributed by atoms with Crippen molar-refractivity contribution in [2.75, 3.05) is 0 Å². The van der Waals surface area contributed by atoms with Crippen LogP contribution < -0.4 is 0 Å². The van der Waals surface area contributed by atoms with Gasteiger partial charge < -0.3 is 0 Å². The van der Waals surface area contributed by atoms with E-state index in [1.807, 2.05) is 43.3 Å². The highest BCUT2D eigenvalue weighted by Gasteiger charge is 2.01. The number of benzene rings is 2. The lowest BCUT2D eigenvalue weighted by molar-refractivity contribution is 0.104. The minimum atomic E-state index is 0.0416. The van der Waals surface area contributed by atoms with Gasteiger partial charge in [0.2, 0.25) is 0 Å². The van der Waals surface area contributed by atoms with Crippen LogP contribution in [0.1, 0.15) is 32.6 Å². The molecule has 96 valence electrons. The molecule has 0 bridgehead atoms. The zero-order valence-electron chi connectivity index (χ0n) is 11.6. The molecule has 0 unspecified atom stereocenters. The summed E-state index contributed by atoms with van der Waals surface area (Å²) in [4.78, 5) is 12.0. The van der Waals surface area contributed by atoms with Crippen LogP contribution in [-0.2, 0) is 0 Å². The van der Waals surface area contributed by atoms with Crippen molar-refractivity contribution in [1.82, 2.24) is 0 Å². The predicted molar refractivity (Wildman–Crippen MR) is 80.5 cm³/mol. The van der Waals surface area contributed by atoms with Gasteiger partial charge in [-0.05, 0) is 38.0 Å². The second-order valence-corrected chi connectivity index (χ2v) is 4.92. The summed E-state index contributed by atoms with van der Waals surface area (Å²) in [6.45, 7) is 6.14. The van der Waals surface area contributed by atoms with Crippen LogP contribution in [0.25, 0.3) is 6.08 Å². The summed E-state index contributed by atoms with van der Waals surface area (Å²) in [5, 5.41) is 0. The normalized spacial score (nSPS) is 10.9. The molecule has 2 aromatic rings. The number of aryl methyl sites for hydroxylation is 3. The molecule has 0 spiro atoms. The van der Waals surface area contributed by atoms with E-state index in [-0.39, 0.29) is 5.78 Å². The lowest BCUT2D eigenvalue weighted by Crippen LogP contribution is -1.94. The molecule has 0 radical (unpaired) electrons. The Morgan fingerprint density at radius 1 is 0.895 bits per heavy atom. The lowest BCUT2D eigenvalue weighted by Gasteiger charge is -2.01. The summed E-state index contributed by atoms with van der Waals surface area (Å²) in [5.74, 6) is 0.0416. The lowest BCUT2D eigenvalue weighted by atomic mass is 10.0. The molecule has 19 heavy (non-hydrogen) atoms. The van der Waals surface area contributed by atoms with Crippen molar-refractivity contribution < 1.29 is 4.79 Å². The summed E-state index contributed by atoms with van der Waals surface area (Å²) in [5.41, 5.74) is 5.40. The Morgan fingerprint density at radius 2 is 1.53 bits per heavy atom. The number of hydrogen-bond acceptors (Lipinski definition) is 1. The molecule has 0 aromatic heterocycles. The molecule has 0 N–H and O–H groups in total. The van der Waals surface area contributed by atoms with Crippen molar-refractivity contribution in [3.63, 3.8) is 0 Å².